The largest absolute Gasteiger partial charge is 0.356 e. The zero-order valence-corrected chi connectivity index (χ0v) is 16.7. The van der Waals surface area contributed by atoms with Gasteiger partial charge in [0, 0.05) is 27.8 Å². The Balaban J connectivity index is 1.38. The number of hydrogen-bond donors (Lipinski definition) is 2. The summed E-state index contributed by atoms with van der Waals surface area (Å²) in [4.78, 5) is 26.2. The molecule has 1 unspecified atom stereocenters. The Kier molecular flexibility index (Phi) is 7.04. The topological polar surface area (TPSA) is 58.2 Å². The minimum Gasteiger partial charge on any atom is -0.356 e. The molecule has 8 heteroatoms. The van der Waals surface area contributed by atoms with Gasteiger partial charge in [-0.3, -0.25) is 9.59 Å². The fourth-order valence-corrected chi connectivity index (χ4v) is 4.63. The fourth-order valence-electron chi connectivity index (χ4n) is 2.52. The van der Waals surface area contributed by atoms with Crippen LogP contribution < -0.4 is 10.6 Å². The molecule has 0 radical (unpaired) electrons. The molecular formula is C19H18ClFN2O2S2. The molecule has 0 aromatic heterocycles. The van der Waals surface area contributed by atoms with Crippen molar-refractivity contribution in [2.75, 3.05) is 17.6 Å². The van der Waals surface area contributed by atoms with Crippen LogP contribution >= 0.6 is 35.1 Å². The monoisotopic (exact) mass is 424 g/mol. The van der Waals surface area contributed by atoms with E-state index in [1.165, 1.54) is 23.9 Å². The fraction of sp³-hybridized carbons (Fsp3) is 0.263. The predicted molar refractivity (Wildman–Crippen MR) is 109 cm³/mol. The van der Waals surface area contributed by atoms with Crippen LogP contribution in [-0.2, 0) is 9.59 Å². The number of amides is 2. The third-order valence-electron chi connectivity index (χ3n) is 3.86. The molecule has 3 rings (SSSR count). The lowest BCUT2D eigenvalue weighted by Crippen LogP contribution is -2.35. The zero-order valence-electron chi connectivity index (χ0n) is 14.3. The quantitative estimate of drug-likeness (QED) is 0.504. The summed E-state index contributed by atoms with van der Waals surface area (Å²) in [5.74, 6) is 0.240. The van der Waals surface area contributed by atoms with E-state index in [0.29, 0.717) is 17.3 Å². The van der Waals surface area contributed by atoms with E-state index in [1.54, 1.807) is 36.0 Å². The van der Waals surface area contributed by atoms with Crippen LogP contribution in [0.25, 0.3) is 0 Å². The lowest BCUT2D eigenvalue weighted by molar-refractivity contribution is -0.124. The average Bonchev–Trinajstić information content (AvgIpc) is 2.64. The highest BCUT2D eigenvalue weighted by molar-refractivity contribution is 8.01. The van der Waals surface area contributed by atoms with Gasteiger partial charge in [-0.1, -0.05) is 11.6 Å². The van der Waals surface area contributed by atoms with Crippen molar-refractivity contribution < 1.29 is 14.0 Å². The van der Waals surface area contributed by atoms with Gasteiger partial charge in [0.05, 0.1) is 10.9 Å². The van der Waals surface area contributed by atoms with Crippen LogP contribution in [0.1, 0.15) is 12.8 Å². The molecule has 0 bridgehead atoms. The smallest absolute Gasteiger partial charge is 0.238 e. The van der Waals surface area contributed by atoms with Crippen LogP contribution in [0.5, 0.6) is 0 Å². The van der Waals surface area contributed by atoms with Gasteiger partial charge in [0.1, 0.15) is 5.82 Å². The number of benzene rings is 2. The Hall–Kier alpha value is -1.70. The first-order chi connectivity index (χ1) is 13.0. The van der Waals surface area contributed by atoms with Gasteiger partial charge in [-0.05, 0) is 54.6 Å². The molecule has 0 spiro atoms. The highest BCUT2D eigenvalue weighted by Gasteiger charge is 2.28. The maximum atomic E-state index is 12.8. The zero-order chi connectivity index (χ0) is 19.2. The van der Waals surface area contributed by atoms with Crippen LogP contribution in [0.2, 0.25) is 5.02 Å². The van der Waals surface area contributed by atoms with Crippen LogP contribution in [0.15, 0.2) is 52.3 Å². The van der Waals surface area contributed by atoms with Crippen molar-refractivity contribution in [3.05, 3.63) is 53.3 Å². The number of fused-ring (bicyclic) bond motifs is 1. The lowest BCUT2D eigenvalue weighted by atomic mass is 10.2. The minimum absolute atomic E-state index is 0.129. The van der Waals surface area contributed by atoms with E-state index in [-0.39, 0.29) is 24.1 Å². The second-order valence-corrected chi connectivity index (χ2v) is 8.80. The predicted octanol–water partition coefficient (Wildman–Crippen LogP) is 4.58. The Morgan fingerprint density at radius 2 is 2.04 bits per heavy atom. The molecule has 1 heterocycles. The van der Waals surface area contributed by atoms with E-state index < -0.39 is 5.25 Å². The molecule has 4 nitrogen and oxygen atoms in total. The maximum absolute atomic E-state index is 12.8. The Morgan fingerprint density at radius 1 is 1.26 bits per heavy atom. The molecule has 0 saturated carbocycles. The molecule has 1 aliphatic heterocycles. The SMILES string of the molecule is O=C(CC1Sc2ccc(Cl)cc2NC1=O)NCCCSc1ccc(F)cc1. The molecular weight excluding hydrogens is 407 g/mol. The van der Waals surface area contributed by atoms with E-state index >= 15 is 0 Å². The van der Waals surface area contributed by atoms with Crippen molar-refractivity contribution >= 4 is 52.6 Å². The van der Waals surface area contributed by atoms with Gasteiger partial charge in [-0.25, -0.2) is 4.39 Å². The summed E-state index contributed by atoms with van der Waals surface area (Å²) in [6, 6.07) is 11.7. The Morgan fingerprint density at radius 3 is 2.81 bits per heavy atom. The summed E-state index contributed by atoms with van der Waals surface area (Å²) in [7, 11) is 0. The molecule has 2 N–H and O–H groups in total. The van der Waals surface area contributed by atoms with Crippen LogP contribution in [0.4, 0.5) is 10.1 Å². The van der Waals surface area contributed by atoms with E-state index in [9.17, 15) is 14.0 Å². The molecule has 142 valence electrons. The Bertz CT molecular complexity index is 833. The number of halogens is 2. The number of carbonyl (C=O) groups excluding carboxylic acids is 2. The standard InChI is InChI=1S/C19H18ClFN2O2S2/c20-12-2-7-16-15(10-12)23-19(25)17(27-16)11-18(24)22-8-1-9-26-14-5-3-13(21)4-6-14/h2-7,10,17H,1,8-9,11H2,(H,22,24)(H,23,25). The van der Waals surface area contributed by atoms with E-state index in [1.807, 2.05) is 6.07 Å². The third-order valence-corrected chi connectivity index (χ3v) is 6.47. The van der Waals surface area contributed by atoms with Crippen molar-refractivity contribution in [3.63, 3.8) is 0 Å². The average molecular weight is 425 g/mol. The van der Waals surface area contributed by atoms with Gasteiger partial charge in [0.15, 0.2) is 0 Å². The molecule has 0 saturated heterocycles. The van der Waals surface area contributed by atoms with Gasteiger partial charge >= 0.3 is 0 Å². The third kappa shape index (κ3) is 5.89. The number of nitrogens with one attached hydrogen (secondary N) is 2. The van der Waals surface area contributed by atoms with Crippen LogP contribution in [0.3, 0.4) is 0 Å². The first-order valence-electron chi connectivity index (χ1n) is 8.43. The van der Waals surface area contributed by atoms with Crippen molar-refractivity contribution in [1.29, 1.82) is 0 Å². The van der Waals surface area contributed by atoms with Crippen LogP contribution in [0, 0.1) is 5.82 Å². The van der Waals surface area contributed by atoms with Gasteiger partial charge in [0.2, 0.25) is 11.8 Å². The molecule has 1 aliphatic rings. The van der Waals surface area contributed by atoms with E-state index in [0.717, 1.165) is 22.0 Å². The van der Waals surface area contributed by atoms with Crippen molar-refractivity contribution in [3.8, 4) is 0 Å². The van der Waals surface area contributed by atoms with Crippen molar-refractivity contribution in [1.82, 2.24) is 5.32 Å². The van der Waals surface area contributed by atoms with Gasteiger partial charge < -0.3 is 10.6 Å². The molecule has 0 fully saturated rings. The van der Waals surface area contributed by atoms with Gasteiger partial charge in [-0.15, -0.1) is 23.5 Å². The lowest BCUT2D eigenvalue weighted by Gasteiger charge is -2.23. The molecule has 2 aromatic carbocycles. The summed E-state index contributed by atoms with van der Waals surface area (Å²) in [5, 5.41) is 5.76. The van der Waals surface area contributed by atoms with Crippen LogP contribution in [-0.4, -0.2) is 29.4 Å². The summed E-state index contributed by atoms with van der Waals surface area (Å²) < 4.78 is 12.8. The number of hydrogen-bond acceptors (Lipinski definition) is 4. The number of rotatable bonds is 7. The van der Waals surface area contributed by atoms with Gasteiger partial charge in [-0.2, -0.15) is 0 Å². The van der Waals surface area contributed by atoms with Crippen molar-refractivity contribution in [2.45, 2.75) is 27.9 Å². The number of carbonyl (C=O) groups is 2. The first kappa shape index (κ1) is 20.0. The Labute approximate surface area is 170 Å². The second kappa shape index (κ2) is 9.48. The number of thioether (sulfide) groups is 2. The molecule has 2 amide bonds. The van der Waals surface area contributed by atoms with E-state index in [4.69, 9.17) is 11.6 Å². The maximum Gasteiger partial charge on any atom is 0.238 e. The van der Waals surface area contributed by atoms with Gasteiger partial charge in [0.25, 0.3) is 0 Å². The number of anilines is 1. The highest BCUT2D eigenvalue weighted by Crippen LogP contribution is 2.38. The second-order valence-electron chi connectivity index (χ2n) is 5.95. The normalized spacial score (nSPS) is 15.8. The molecule has 1 atom stereocenters. The summed E-state index contributed by atoms with van der Waals surface area (Å²) in [6.07, 6.45) is 0.919. The van der Waals surface area contributed by atoms with E-state index in [2.05, 4.69) is 10.6 Å². The minimum atomic E-state index is -0.452. The highest BCUT2D eigenvalue weighted by atomic mass is 35.5. The molecule has 0 aliphatic carbocycles. The summed E-state index contributed by atoms with van der Waals surface area (Å²) in [5.41, 5.74) is 0.687. The summed E-state index contributed by atoms with van der Waals surface area (Å²) in [6.45, 7) is 0.540. The summed E-state index contributed by atoms with van der Waals surface area (Å²) >= 11 is 8.92. The molecule has 2 aromatic rings. The molecule has 27 heavy (non-hydrogen) atoms. The van der Waals surface area contributed by atoms with Crippen molar-refractivity contribution in [2.24, 2.45) is 0 Å². The first-order valence-corrected chi connectivity index (χ1v) is 10.7.